The van der Waals surface area contributed by atoms with E-state index in [-0.39, 0.29) is 36.5 Å². The van der Waals surface area contributed by atoms with Crippen LogP contribution in [0.1, 0.15) is 80.6 Å². The molecule has 51 heavy (non-hydrogen) atoms. The number of benzene rings is 4. The third-order valence-electron chi connectivity index (χ3n) is 8.61. The predicted octanol–water partition coefficient (Wildman–Crippen LogP) is 7.45. The Kier molecular flexibility index (Phi) is 14.2. The lowest BCUT2D eigenvalue weighted by atomic mass is 9.99. The molecule has 4 N–H and O–H groups in total. The fourth-order valence-corrected chi connectivity index (χ4v) is 6.81. The number of nitrogens with one attached hydrogen (secondary N) is 3. The SMILES string of the molecule is CC(=O)NCCCCCC(=O)NCc1cccc(-c2ccc(C3OC(CSc4ccc(NC(C)=O)cc4)CC(c4ccc(CO)cc4)O3)cc2)c1. The van der Waals surface area contributed by atoms with E-state index in [4.69, 9.17) is 9.47 Å². The van der Waals surface area contributed by atoms with Crippen LogP contribution in [-0.4, -0.2) is 41.2 Å². The number of amides is 3. The fraction of sp³-hybridized carbons (Fsp3) is 0.341. The van der Waals surface area contributed by atoms with Gasteiger partial charge in [0.25, 0.3) is 0 Å². The molecule has 5 rings (SSSR count). The van der Waals surface area contributed by atoms with Crippen molar-refractivity contribution in [1.82, 2.24) is 10.6 Å². The number of carbonyl (C=O) groups is 3. The highest BCUT2D eigenvalue weighted by Gasteiger charge is 2.32. The zero-order chi connectivity index (χ0) is 36.0. The van der Waals surface area contributed by atoms with Crippen molar-refractivity contribution in [2.45, 2.75) is 82.5 Å². The van der Waals surface area contributed by atoms with Crippen molar-refractivity contribution in [3.63, 3.8) is 0 Å². The van der Waals surface area contributed by atoms with Crippen LogP contribution in [0.2, 0.25) is 0 Å². The Morgan fingerprint density at radius 2 is 1.51 bits per heavy atom. The van der Waals surface area contributed by atoms with E-state index >= 15 is 0 Å². The van der Waals surface area contributed by atoms with Crippen molar-refractivity contribution in [2.24, 2.45) is 0 Å². The Hall–Kier alpha value is -4.48. The topological polar surface area (TPSA) is 126 Å². The Morgan fingerprint density at radius 1 is 0.765 bits per heavy atom. The predicted molar refractivity (Wildman–Crippen MR) is 201 cm³/mol. The van der Waals surface area contributed by atoms with Crippen LogP contribution in [0.15, 0.2) is 102 Å². The number of hydrogen-bond acceptors (Lipinski definition) is 7. The number of carbonyl (C=O) groups excluding carboxylic acids is 3. The molecule has 1 saturated heterocycles. The standard InChI is InChI=1S/C41H47N3O6S/c1-28(46)42-22-5-3-4-9-40(48)43-25-31-7-6-8-35(23-31)32-14-16-34(17-15-32)41-49-37(24-39(50-41)33-12-10-30(26-45)11-13-33)27-51-38-20-18-36(19-21-38)44-29(2)47/h6-8,10-21,23,37,39,41,45H,3-5,9,22,24-27H2,1-2H3,(H,42,46)(H,43,48)(H,44,47). The summed E-state index contributed by atoms with van der Waals surface area (Å²) in [6.45, 7) is 4.09. The monoisotopic (exact) mass is 709 g/mol. The van der Waals surface area contributed by atoms with Gasteiger partial charge in [-0.3, -0.25) is 14.4 Å². The van der Waals surface area contributed by atoms with E-state index in [1.165, 1.54) is 13.8 Å². The summed E-state index contributed by atoms with van der Waals surface area (Å²) in [6, 6.07) is 32.1. The van der Waals surface area contributed by atoms with Crippen LogP contribution in [0, 0.1) is 0 Å². The minimum absolute atomic E-state index is 0.00947. The van der Waals surface area contributed by atoms with E-state index in [1.807, 2.05) is 72.8 Å². The lowest BCUT2D eigenvalue weighted by molar-refractivity contribution is -0.245. The van der Waals surface area contributed by atoms with E-state index in [9.17, 15) is 19.5 Å². The second-order valence-corrected chi connectivity index (χ2v) is 13.9. The smallest absolute Gasteiger partial charge is 0.221 e. The summed E-state index contributed by atoms with van der Waals surface area (Å²) in [7, 11) is 0. The van der Waals surface area contributed by atoms with Gasteiger partial charge < -0.3 is 30.5 Å². The first kappa shape index (κ1) is 37.8. The summed E-state index contributed by atoms with van der Waals surface area (Å²) in [5, 5.41) is 18.1. The highest BCUT2D eigenvalue weighted by atomic mass is 32.2. The van der Waals surface area contributed by atoms with Gasteiger partial charge in [-0.15, -0.1) is 11.8 Å². The molecule has 1 aliphatic rings. The molecule has 0 aliphatic carbocycles. The minimum atomic E-state index is -0.560. The first-order valence-corrected chi connectivity index (χ1v) is 18.5. The zero-order valence-electron chi connectivity index (χ0n) is 29.2. The molecular weight excluding hydrogens is 663 g/mol. The van der Waals surface area contributed by atoms with E-state index in [1.54, 1.807) is 11.8 Å². The molecule has 1 heterocycles. The Balaban J connectivity index is 1.20. The third-order valence-corrected chi connectivity index (χ3v) is 9.76. The van der Waals surface area contributed by atoms with Gasteiger partial charge in [0.15, 0.2) is 6.29 Å². The Morgan fingerprint density at radius 3 is 2.22 bits per heavy atom. The summed E-state index contributed by atoms with van der Waals surface area (Å²) in [4.78, 5) is 35.8. The molecular formula is C41H47N3O6S. The van der Waals surface area contributed by atoms with Crippen LogP contribution < -0.4 is 16.0 Å². The van der Waals surface area contributed by atoms with Gasteiger partial charge in [-0.25, -0.2) is 0 Å². The van der Waals surface area contributed by atoms with Crippen molar-refractivity contribution in [3.8, 4) is 11.1 Å². The minimum Gasteiger partial charge on any atom is -0.392 e. The fourth-order valence-electron chi connectivity index (χ4n) is 5.88. The molecule has 0 spiro atoms. The summed E-state index contributed by atoms with van der Waals surface area (Å²) in [5.74, 6) is 0.622. The van der Waals surface area contributed by atoms with E-state index < -0.39 is 6.29 Å². The third kappa shape index (κ3) is 12.1. The number of thioether (sulfide) groups is 1. The molecule has 0 radical (unpaired) electrons. The maximum Gasteiger partial charge on any atom is 0.221 e. The van der Waals surface area contributed by atoms with Gasteiger partial charge in [-0.2, -0.15) is 0 Å². The molecule has 9 nitrogen and oxygen atoms in total. The van der Waals surface area contributed by atoms with E-state index in [2.05, 4.69) is 40.2 Å². The molecule has 3 amide bonds. The molecule has 4 aromatic rings. The highest BCUT2D eigenvalue weighted by molar-refractivity contribution is 7.99. The first-order valence-electron chi connectivity index (χ1n) is 17.5. The average Bonchev–Trinajstić information content (AvgIpc) is 3.15. The molecule has 1 fully saturated rings. The molecule has 10 heteroatoms. The van der Waals surface area contributed by atoms with Crippen LogP contribution in [-0.2, 0) is 37.0 Å². The quantitative estimate of drug-likeness (QED) is 0.0703. The van der Waals surface area contributed by atoms with Crippen molar-refractivity contribution in [1.29, 1.82) is 0 Å². The lowest BCUT2D eigenvalue weighted by Crippen LogP contribution is -2.31. The molecule has 268 valence electrons. The summed E-state index contributed by atoms with van der Waals surface area (Å²) < 4.78 is 13.1. The molecule has 3 unspecified atom stereocenters. The highest BCUT2D eigenvalue weighted by Crippen LogP contribution is 2.40. The average molecular weight is 710 g/mol. The van der Waals surface area contributed by atoms with Gasteiger partial charge in [-0.1, -0.05) is 73.2 Å². The van der Waals surface area contributed by atoms with Crippen molar-refractivity contribution in [3.05, 3.63) is 119 Å². The second-order valence-electron chi connectivity index (χ2n) is 12.8. The normalized spacial score (nSPS) is 17.0. The van der Waals surface area contributed by atoms with E-state index in [0.29, 0.717) is 25.9 Å². The molecule has 0 bridgehead atoms. The van der Waals surface area contributed by atoms with Crippen LogP contribution in [0.4, 0.5) is 5.69 Å². The number of aliphatic hydroxyl groups is 1. The van der Waals surface area contributed by atoms with Gasteiger partial charge in [0, 0.05) is 61.7 Å². The second kappa shape index (κ2) is 19.2. The van der Waals surface area contributed by atoms with Gasteiger partial charge in [-0.05, 0) is 71.0 Å². The van der Waals surface area contributed by atoms with Crippen LogP contribution in [0.5, 0.6) is 0 Å². The lowest BCUT2D eigenvalue weighted by Gasteiger charge is -2.36. The number of aliphatic hydroxyl groups excluding tert-OH is 1. The van der Waals surface area contributed by atoms with Gasteiger partial charge in [0.05, 0.1) is 18.8 Å². The van der Waals surface area contributed by atoms with E-state index in [0.717, 1.165) is 69.0 Å². The molecule has 0 aromatic heterocycles. The molecule has 0 saturated carbocycles. The van der Waals surface area contributed by atoms with Gasteiger partial charge >= 0.3 is 0 Å². The van der Waals surface area contributed by atoms with Crippen LogP contribution in [0.25, 0.3) is 11.1 Å². The summed E-state index contributed by atoms with van der Waals surface area (Å²) in [6.07, 6.45) is 2.88. The Labute approximate surface area is 304 Å². The molecule has 4 aromatic carbocycles. The Bertz CT molecular complexity index is 1730. The number of rotatable bonds is 16. The number of unbranched alkanes of at least 4 members (excludes halogenated alkanes) is 2. The summed E-state index contributed by atoms with van der Waals surface area (Å²) >= 11 is 1.70. The summed E-state index contributed by atoms with van der Waals surface area (Å²) in [5.41, 5.74) is 6.70. The van der Waals surface area contributed by atoms with Crippen LogP contribution in [0.3, 0.4) is 0 Å². The molecule has 1 aliphatic heterocycles. The maximum absolute atomic E-state index is 12.4. The zero-order valence-corrected chi connectivity index (χ0v) is 30.0. The van der Waals surface area contributed by atoms with Crippen molar-refractivity contribution < 1.29 is 29.0 Å². The molecule has 3 atom stereocenters. The number of ether oxygens (including phenoxy) is 2. The van der Waals surface area contributed by atoms with Crippen LogP contribution >= 0.6 is 11.8 Å². The largest absolute Gasteiger partial charge is 0.392 e. The number of anilines is 1. The van der Waals surface area contributed by atoms with Crippen molar-refractivity contribution >= 4 is 35.2 Å². The van der Waals surface area contributed by atoms with Crippen molar-refractivity contribution in [2.75, 3.05) is 17.6 Å². The van der Waals surface area contributed by atoms with Gasteiger partial charge in [0.1, 0.15) is 0 Å². The number of hydrogen-bond donors (Lipinski definition) is 4. The van der Waals surface area contributed by atoms with Gasteiger partial charge in [0.2, 0.25) is 17.7 Å². The maximum atomic E-state index is 12.4. The first-order chi connectivity index (χ1) is 24.7.